The fourth-order valence-electron chi connectivity index (χ4n) is 1.97. The zero-order chi connectivity index (χ0) is 15.4. The first kappa shape index (κ1) is 15.9. The average Bonchev–Trinajstić information content (AvgIpc) is 2.44. The molecule has 1 aromatic carbocycles. The first-order valence-corrected chi connectivity index (χ1v) is 7.11. The van der Waals surface area contributed by atoms with Gasteiger partial charge in [0, 0.05) is 35.0 Å². The van der Waals surface area contributed by atoms with Crippen molar-refractivity contribution in [2.75, 3.05) is 7.11 Å². The van der Waals surface area contributed by atoms with Crippen molar-refractivity contribution >= 4 is 23.2 Å². The largest absolute Gasteiger partial charge is 0.497 e. The third-order valence-electron chi connectivity index (χ3n) is 2.89. The topological polar surface area (TPSA) is 57.4 Å². The maximum absolute atomic E-state index is 6.16. The summed E-state index contributed by atoms with van der Waals surface area (Å²) < 4.78 is 11.0. The van der Waals surface area contributed by atoms with E-state index in [9.17, 15) is 0 Å². The zero-order valence-electron chi connectivity index (χ0n) is 11.8. The number of nitrogens with zero attached hydrogens (tertiary/aromatic N) is 1. The minimum atomic E-state index is 0.270. The van der Waals surface area contributed by atoms with Crippen LogP contribution in [0, 0.1) is 6.92 Å². The SMILES string of the molecule is COc1cc(C)nc(COc2c(Cl)cc(Cl)cc2CN)c1. The van der Waals surface area contributed by atoms with Gasteiger partial charge in [0.15, 0.2) is 0 Å². The van der Waals surface area contributed by atoms with Gasteiger partial charge in [-0.25, -0.2) is 0 Å². The molecule has 1 heterocycles. The molecule has 2 rings (SSSR count). The van der Waals surface area contributed by atoms with Crippen LogP contribution in [0.2, 0.25) is 10.0 Å². The van der Waals surface area contributed by atoms with Gasteiger partial charge in [-0.05, 0) is 19.1 Å². The van der Waals surface area contributed by atoms with Gasteiger partial charge in [-0.1, -0.05) is 23.2 Å². The molecule has 0 spiro atoms. The molecule has 0 aliphatic heterocycles. The van der Waals surface area contributed by atoms with Gasteiger partial charge in [-0.2, -0.15) is 0 Å². The van der Waals surface area contributed by atoms with E-state index in [1.54, 1.807) is 19.2 Å². The fourth-order valence-corrected chi connectivity index (χ4v) is 2.56. The number of methoxy groups -OCH3 is 1. The Labute approximate surface area is 133 Å². The van der Waals surface area contributed by atoms with Crippen molar-refractivity contribution in [3.8, 4) is 11.5 Å². The second-order valence-corrected chi connectivity index (χ2v) is 5.35. The van der Waals surface area contributed by atoms with Crippen LogP contribution in [0.4, 0.5) is 0 Å². The molecule has 2 N–H and O–H groups in total. The molecule has 0 fully saturated rings. The summed E-state index contributed by atoms with van der Waals surface area (Å²) in [5, 5.41) is 0.964. The van der Waals surface area contributed by atoms with Gasteiger partial charge in [0.1, 0.15) is 18.1 Å². The Balaban J connectivity index is 2.22. The predicted octanol–water partition coefficient (Wildman–Crippen LogP) is 3.74. The van der Waals surface area contributed by atoms with E-state index in [0.717, 1.165) is 22.7 Å². The van der Waals surface area contributed by atoms with Crippen LogP contribution >= 0.6 is 23.2 Å². The van der Waals surface area contributed by atoms with E-state index < -0.39 is 0 Å². The minimum absolute atomic E-state index is 0.270. The Morgan fingerprint density at radius 2 is 1.95 bits per heavy atom. The number of benzene rings is 1. The number of halogens is 2. The van der Waals surface area contributed by atoms with Crippen LogP contribution < -0.4 is 15.2 Å². The van der Waals surface area contributed by atoms with E-state index >= 15 is 0 Å². The Bertz CT molecular complexity index is 648. The van der Waals surface area contributed by atoms with Gasteiger partial charge in [0.2, 0.25) is 0 Å². The molecule has 2 aromatic rings. The standard InChI is InChI=1S/C15H16Cl2N2O2/c1-9-3-13(20-2)6-12(19-9)8-21-15-10(7-18)4-11(16)5-14(15)17/h3-6H,7-8,18H2,1-2H3. The predicted molar refractivity (Wildman–Crippen MR) is 84.2 cm³/mol. The van der Waals surface area contributed by atoms with Gasteiger partial charge >= 0.3 is 0 Å². The Morgan fingerprint density at radius 3 is 2.62 bits per heavy atom. The summed E-state index contributed by atoms with van der Waals surface area (Å²) in [5.74, 6) is 1.27. The van der Waals surface area contributed by atoms with E-state index in [4.69, 9.17) is 38.4 Å². The number of hydrogen-bond acceptors (Lipinski definition) is 4. The second kappa shape index (κ2) is 6.98. The van der Waals surface area contributed by atoms with E-state index in [1.165, 1.54) is 0 Å². The van der Waals surface area contributed by atoms with Crippen LogP contribution in [-0.4, -0.2) is 12.1 Å². The number of pyridine rings is 1. The summed E-state index contributed by atoms with van der Waals surface area (Å²) >= 11 is 12.1. The lowest BCUT2D eigenvalue weighted by atomic mass is 10.2. The monoisotopic (exact) mass is 326 g/mol. The van der Waals surface area contributed by atoms with Gasteiger partial charge in [0.25, 0.3) is 0 Å². The Kier molecular flexibility index (Phi) is 5.28. The van der Waals surface area contributed by atoms with Gasteiger partial charge in [-0.3, -0.25) is 4.98 Å². The van der Waals surface area contributed by atoms with E-state index in [2.05, 4.69) is 4.98 Å². The highest BCUT2D eigenvalue weighted by atomic mass is 35.5. The molecule has 0 aliphatic carbocycles. The molecule has 0 amide bonds. The fraction of sp³-hybridized carbons (Fsp3) is 0.267. The summed E-state index contributed by atoms with van der Waals surface area (Å²) in [4.78, 5) is 4.39. The van der Waals surface area contributed by atoms with Gasteiger partial charge in [-0.15, -0.1) is 0 Å². The molecule has 0 unspecified atom stereocenters. The molecular weight excluding hydrogens is 311 g/mol. The summed E-state index contributed by atoms with van der Waals surface area (Å²) in [7, 11) is 1.61. The van der Waals surface area contributed by atoms with Crippen LogP contribution in [0.5, 0.6) is 11.5 Å². The van der Waals surface area contributed by atoms with Crippen molar-refractivity contribution in [1.82, 2.24) is 4.98 Å². The number of ether oxygens (including phenoxy) is 2. The highest BCUT2D eigenvalue weighted by Crippen LogP contribution is 2.32. The molecule has 0 aliphatic rings. The molecule has 112 valence electrons. The smallest absolute Gasteiger partial charge is 0.143 e. The molecule has 0 atom stereocenters. The van der Waals surface area contributed by atoms with Crippen molar-refractivity contribution in [3.05, 3.63) is 51.3 Å². The van der Waals surface area contributed by atoms with Crippen molar-refractivity contribution in [3.63, 3.8) is 0 Å². The molecule has 0 radical (unpaired) electrons. The highest BCUT2D eigenvalue weighted by Gasteiger charge is 2.11. The lowest BCUT2D eigenvalue weighted by molar-refractivity contribution is 0.297. The molecule has 21 heavy (non-hydrogen) atoms. The minimum Gasteiger partial charge on any atom is -0.497 e. The van der Waals surface area contributed by atoms with Crippen molar-refractivity contribution in [1.29, 1.82) is 0 Å². The summed E-state index contributed by atoms with van der Waals surface area (Å²) in [5.41, 5.74) is 8.06. The maximum Gasteiger partial charge on any atom is 0.143 e. The lowest BCUT2D eigenvalue weighted by Crippen LogP contribution is -2.05. The van der Waals surface area contributed by atoms with E-state index in [0.29, 0.717) is 22.3 Å². The van der Waals surface area contributed by atoms with E-state index in [1.807, 2.05) is 19.1 Å². The molecule has 4 nitrogen and oxygen atoms in total. The van der Waals surface area contributed by atoms with Crippen LogP contribution in [0.15, 0.2) is 24.3 Å². The molecule has 0 bridgehead atoms. The summed E-state index contributed by atoms with van der Waals surface area (Å²) in [6.45, 7) is 2.46. The van der Waals surface area contributed by atoms with Crippen LogP contribution in [0.1, 0.15) is 17.0 Å². The number of rotatable bonds is 5. The number of nitrogens with two attached hydrogens (primary N) is 1. The first-order chi connectivity index (χ1) is 10.0. The molecule has 0 saturated heterocycles. The summed E-state index contributed by atoms with van der Waals surface area (Å²) in [6, 6.07) is 7.04. The lowest BCUT2D eigenvalue weighted by Gasteiger charge is -2.13. The van der Waals surface area contributed by atoms with Crippen molar-refractivity contribution in [2.24, 2.45) is 5.73 Å². The van der Waals surface area contributed by atoms with Crippen molar-refractivity contribution < 1.29 is 9.47 Å². The van der Waals surface area contributed by atoms with Crippen LogP contribution in [0.25, 0.3) is 0 Å². The summed E-state index contributed by atoms with van der Waals surface area (Å²) in [6.07, 6.45) is 0. The highest BCUT2D eigenvalue weighted by molar-refractivity contribution is 6.35. The number of aryl methyl sites for hydroxylation is 1. The van der Waals surface area contributed by atoms with Gasteiger partial charge in [0.05, 0.1) is 17.8 Å². The molecule has 0 saturated carbocycles. The molecular formula is C15H16Cl2N2O2. The van der Waals surface area contributed by atoms with E-state index in [-0.39, 0.29) is 6.61 Å². The second-order valence-electron chi connectivity index (χ2n) is 4.51. The molecule has 6 heteroatoms. The maximum atomic E-state index is 6.16. The first-order valence-electron chi connectivity index (χ1n) is 6.36. The van der Waals surface area contributed by atoms with Gasteiger partial charge < -0.3 is 15.2 Å². The zero-order valence-corrected chi connectivity index (χ0v) is 13.3. The normalized spacial score (nSPS) is 10.5. The van der Waals surface area contributed by atoms with Crippen molar-refractivity contribution in [2.45, 2.75) is 20.1 Å². The average molecular weight is 327 g/mol. The molecule has 1 aromatic heterocycles. The Hall–Kier alpha value is -1.49. The van der Waals surface area contributed by atoms with Crippen LogP contribution in [-0.2, 0) is 13.2 Å². The third kappa shape index (κ3) is 4.00. The number of aromatic nitrogens is 1. The number of hydrogen-bond donors (Lipinski definition) is 1. The quantitative estimate of drug-likeness (QED) is 0.909. The third-order valence-corrected chi connectivity index (χ3v) is 3.38. The van der Waals surface area contributed by atoms with Crippen LogP contribution in [0.3, 0.4) is 0 Å². The Morgan fingerprint density at radius 1 is 1.19 bits per heavy atom.